The van der Waals surface area contributed by atoms with E-state index in [0.717, 1.165) is 31.6 Å². The molecule has 5 nitrogen and oxygen atoms in total. The van der Waals surface area contributed by atoms with Gasteiger partial charge in [-0.2, -0.15) is 0 Å². The molecule has 1 aliphatic rings. The van der Waals surface area contributed by atoms with E-state index in [4.69, 9.17) is 5.73 Å². The van der Waals surface area contributed by atoms with Crippen molar-refractivity contribution in [1.29, 1.82) is 0 Å². The number of rotatable bonds is 4. The number of nitrogens with zero attached hydrogens (tertiary/aromatic N) is 3. The molecule has 19 heavy (non-hydrogen) atoms. The predicted octanol–water partition coefficient (Wildman–Crippen LogP) is 0.203. The van der Waals surface area contributed by atoms with Crippen LogP contribution in [0.4, 0.5) is 5.82 Å². The molecule has 1 aromatic rings. The highest BCUT2D eigenvalue weighted by molar-refractivity contribution is 5.38. The summed E-state index contributed by atoms with van der Waals surface area (Å²) in [5.41, 5.74) is 6.74. The van der Waals surface area contributed by atoms with Crippen LogP contribution in [0.1, 0.15) is 12.0 Å². The fourth-order valence-electron chi connectivity index (χ4n) is 2.63. The van der Waals surface area contributed by atoms with Gasteiger partial charge < -0.3 is 20.6 Å². The smallest absolute Gasteiger partial charge is 0.126 e. The van der Waals surface area contributed by atoms with Crippen LogP contribution >= 0.6 is 0 Å². The fraction of sp³-hybridized carbons (Fsp3) is 0.643. The highest BCUT2D eigenvalue weighted by Gasteiger charge is 2.24. The summed E-state index contributed by atoms with van der Waals surface area (Å²) in [6.07, 6.45) is 2.66. The highest BCUT2D eigenvalue weighted by Crippen LogP contribution is 2.16. The van der Waals surface area contributed by atoms with Crippen molar-refractivity contribution in [2.45, 2.75) is 25.0 Å². The molecule has 0 amide bonds. The molecular formula is C14H24N4O. The van der Waals surface area contributed by atoms with Crippen LogP contribution < -0.4 is 5.73 Å². The topological polar surface area (TPSA) is 65.6 Å². The standard InChI is InChI=1S/C14H24N4O/c1-17-6-7-18(2)12(10-17)9-13(19)8-11-4-3-5-16-14(11)15/h3-5,12-13,19H,6-10H2,1-2H3,(H2,15,16). The van der Waals surface area contributed by atoms with Crippen LogP contribution in [0.3, 0.4) is 0 Å². The minimum Gasteiger partial charge on any atom is -0.393 e. The van der Waals surface area contributed by atoms with Gasteiger partial charge in [-0.15, -0.1) is 0 Å². The average molecular weight is 264 g/mol. The third-order valence-corrected chi connectivity index (χ3v) is 3.91. The van der Waals surface area contributed by atoms with E-state index >= 15 is 0 Å². The summed E-state index contributed by atoms with van der Waals surface area (Å²) < 4.78 is 0. The van der Waals surface area contributed by atoms with E-state index in [1.54, 1.807) is 6.20 Å². The third kappa shape index (κ3) is 3.89. The van der Waals surface area contributed by atoms with Gasteiger partial charge >= 0.3 is 0 Å². The lowest BCUT2D eigenvalue weighted by Gasteiger charge is -2.38. The minimum absolute atomic E-state index is 0.370. The second-order valence-corrected chi connectivity index (χ2v) is 5.54. The lowest BCUT2D eigenvalue weighted by atomic mass is 10.00. The van der Waals surface area contributed by atoms with Crippen LogP contribution in [0.2, 0.25) is 0 Å². The number of hydrogen-bond acceptors (Lipinski definition) is 5. The first-order valence-corrected chi connectivity index (χ1v) is 6.82. The molecule has 1 saturated heterocycles. The molecule has 1 aromatic heterocycles. The van der Waals surface area contributed by atoms with E-state index in [0.29, 0.717) is 18.3 Å². The number of anilines is 1. The molecular weight excluding hydrogens is 240 g/mol. The molecule has 2 unspecified atom stereocenters. The maximum atomic E-state index is 10.3. The van der Waals surface area contributed by atoms with E-state index < -0.39 is 0 Å². The molecule has 106 valence electrons. The maximum absolute atomic E-state index is 10.3. The van der Waals surface area contributed by atoms with Gasteiger partial charge in [0.05, 0.1) is 6.10 Å². The van der Waals surface area contributed by atoms with E-state index in [9.17, 15) is 5.11 Å². The number of hydrogen-bond donors (Lipinski definition) is 2. The van der Waals surface area contributed by atoms with Crippen molar-refractivity contribution in [3.05, 3.63) is 23.9 Å². The van der Waals surface area contributed by atoms with E-state index in [1.807, 2.05) is 12.1 Å². The third-order valence-electron chi connectivity index (χ3n) is 3.91. The van der Waals surface area contributed by atoms with Crippen molar-refractivity contribution in [2.24, 2.45) is 0 Å². The van der Waals surface area contributed by atoms with Gasteiger partial charge in [-0.1, -0.05) is 6.07 Å². The van der Waals surface area contributed by atoms with Crippen LogP contribution in [0, 0.1) is 0 Å². The van der Waals surface area contributed by atoms with Crippen LogP contribution in [-0.2, 0) is 6.42 Å². The largest absolute Gasteiger partial charge is 0.393 e. The molecule has 0 spiro atoms. The molecule has 2 atom stereocenters. The first-order chi connectivity index (χ1) is 9.06. The number of piperazine rings is 1. The number of aromatic nitrogens is 1. The monoisotopic (exact) mass is 264 g/mol. The van der Waals surface area contributed by atoms with Crippen LogP contribution in [0.15, 0.2) is 18.3 Å². The first-order valence-electron chi connectivity index (χ1n) is 6.82. The van der Waals surface area contributed by atoms with E-state index in [2.05, 4.69) is 28.9 Å². The van der Waals surface area contributed by atoms with Gasteiger partial charge in [-0.05, 0) is 32.1 Å². The number of aliphatic hydroxyl groups is 1. The number of likely N-dealkylation sites (N-methyl/N-ethyl adjacent to an activating group) is 2. The second-order valence-electron chi connectivity index (χ2n) is 5.54. The maximum Gasteiger partial charge on any atom is 0.126 e. The fourth-order valence-corrected chi connectivity index (χ4v) is 2.63. The van der Waals surface area contributed by atoms with Crippen molar-refractivity contribution in [2.75, 3.05) is 39.5 Å². The minimum atomic E-state index is -0.370. The molecule has 2 heterocycles. The van der Waals surface area contributed by atoms with Gasteiger partial charge in [-0.3, -0.25) is 0 Å². The Morgan fingerprint density at radius 3 is 3.00 bits per heavy atom. The van der Waals surface area contributed by atoms with Crippen molar-refractivity contribution < 1.29 is 5.11 Å². The summed E-state index contributed by atoms with van der Waals surface area (Å²) in [7, 11) is 4.26. The SMILES string of the molecule is CN1CCN(C)C(CC(O)Cc2cccnc2N)C1. The normalized spacial score (nSPS) is 23.4. The number of nitrogens with two attached hydrogens (primary N) is 1. The molecule has 0 aliphatic carbocycles. The molecule has 0 bridgehead atoms. The molecule has 2 rings (SSSR count). The van der Waals surface area contributed by atoms with Gasteiger partial charge in [0.25, 0.3) is 0 Å². The highest BCUT2D eigenvalue weighted by atomic mass is 16.3. The zero-order valence-corrected chi connectivity index (χ0v) is 11.8. The van der Waals surface area contributed by atoms with Gasteiger partial charge in [0.1, 0.15) is 5.82 Å². The lowest BCUT2D eigenvalue weighted by Crippen LogP contribution is -2.51. The zero-order valence-electron chi connectivity index (χ0n) is 11.8. The summed E-state index contributed by atoms with van der Waals surface area (Å²) in [5.74, 6) is 0.524. The molecule has 0 aromatic carbocycles. The Kier molecular flexibility index (Phi) is 4.74. The lowest BCUT2D eigenvalue weighted by molar-refractivity contribution is 0.0639. The Morgan fingerprint density at radius 1 is 1.47 bits per heavy atom. The summed E-state index contributed by atoms with van der Waals surface area (Å²) in [5, 5.41) is 10.3. The Hall–Kier alpha value is -1.17. The first kappa shape index (κ1) is 14.2. The Labute approximate surface area is 115 Å². The second kappa shape index (κ2) is 6.32. The van der Waals surface area contributed by atoms with Crippen molar-refractivity contribution in [1.82, 2.24) is 14.8 Å². The van der Waals surface area contributed by atoms with Gasteiger partial charge in [0.2, 0.25) is 0 Å². The molecule has 0 saturated carbocycles. The van der Waals surface area contributed by atoms with Crippen LogP contribution in [0.25, 0.3) is 0 Å². The van der Waals surface area contributed by atoms with Crippen molar-refractivity contribution >= 4 is 5.82 Å². The molecule has 1 fully saturated rings. The molecule has 5 heteroatoms. The zero-order chi connectivity index (χ0) is 13.8. The van der Waals surface area contributed by atoms with E-state index in [1.165, 1.54) is 0 Å². The number of pyridine rings is 1. The van der Waals surface area contributed by atoms with Gasteiger partial charge in [0, 0.05) is 38.3 Å². The van der Waals surface area contributed by atoms with Gasteiger partial charge in [-0.25, -0.2) is 4.98 Å². The van der Waals surface area contributed by atoms with Crippen molar-refractivity contribution in [3.8, 4) is 0 Å². The van der Waals surface area contributed by atoms with E-state index in [-0.39, 0.29) is 6.10 Å². The van der Waals surface area contributed by atoms with Crippen LogP contribution in [-0.4, -0.2) is 65.8 Å². The summed E-state index contributed by atoms with van der Waals surface area (Å²) in [6.45, 7) is 3.16. The van der Waals surface area contributed by atoms with Crippen molar-refractivity contribution in [3.63, 3.8) is 0 Å². The quantitative estimate of drug-likeness (QED) is 0.813. The van der Waals surface area contributed by atoms with Crippen LogP contribution in [0.5, 0.6) is 0 Å². The molecule has 0 radical (unpaired) electrons. The summed E-state index contributed by atoms with van der Waals surface area (Å²) in [4.78, 5) is 8.70. The predicted molar refractivity (Wildman–Crippen MR) is 76.9 cm³/mol. The summed E-state index contributed by atoms with van der Waals surface area (Å²) >= 11 is 0. The molecule has 1 aliphatic heterocycles. The number of nitrogen functional groups attached to an aromatic ring is 1. The van der Waals surface area contributed by atoms with Gasteiger partial charge in [0.15, 0.2) is 0 Å². The molecule has 3 N–H and O–H groups in total. The Bertz CT molecular complexity index is 412. The Morgan fingerprint density at radius 2 is 2.26 bits per heavy atom. The summed E-state index contributed by atoms with van der Waals surface area (Å²) in [6, 6.07) is 4.20. The Balaban J connectivity index is 1.90. The average Bonchev–Trinajstić information content (AvgIpc) is 2.37. The number of aliphatic hydroxyl groups excluding tert-OH is 1.